The van der Waals surface area contributed by atoms with Crippen LogP contribution in [0.15, 0.2) is 17.7 Å². The smallest absolute Gasteiger partial charge is 0.0128 e. The predicted octanol–water partition coefficient (Wildman–Crippen LogP) is 2.95. The minimum Gasteiger partial charge on any atom is -0.0755 e. The van der Waals surface area contributed by atoms with Gasteiger partial charge in [-0.1, -0.05) is 25.5 Å². The van der Waals surface area contributed by atoms with Crippen molar-refractivity contribution < 1.29 is 0 Å². The maximum Gasteiger partial charge on any atom is 0.0128 e. The zero-order valence-corrected chi connectivity index (χ0v) is 6.48. The molecule has 53 valence electrons. The van der Waals surface area contributed by atoms with Crippen LogP contribution in [0, 0.1) is 12.5 Å². The summed E-state index contributed by atoms with van der Waals surface area (Å²) in [7, 11) is 0. The number of hydrogen-bond acceptors (Lipinski definition) is 0. The Bertz CT molecular complexity index is 140. The van der Waals surface area contributed by atoms with E-state index in [1.807, 2.05) is 6.08 Å². The van der Waals surface area contributed by atoms with E-state index in [9.17, 15) is 0 Å². The maximum atomic E-state index is 3.23. The van der Waals surface area contributed by atoms with Crippen LogP contribution in [0.2, 0.25) is 0 Å². The second-order valence-electron chi connectivity index (χ2n) is 2.53. The first kappa shape index (κ1) is 7.59. The third-order valence-electron chi connectivity index (χ3n) is 1.58. The highest BCUT2D eigenvalue weighted by Gasteiger charge is 1.96. The van der Waals surface area contributed by atoms with E-state index in [0.29, 0.717) is 0 Å². The van der Waals surface area contributed by atoms with Gasteiger partial charge >= 0.3 is 0 Å². The molecule has 0 heteroatoms. The Morgan fingerprint density at radius 3 is 3.10 bits per heavy atom. The van der Waals surface area contributed by atoms with E-state index in [1.54, 1.807) is 0 Å². The van der Waals surface area contributed by atoms with Crippen LogP contribution >= 0.6 is 0 Å². The maximum absolute atomic E-state index is 3.23. The molecule has 0 saturated heterocycles. The number of unbranched alkanes of at least 4 members (excludes halogenated alkanes) is 1. The van der Waals surface area contributed by atoms with Gasteiger partial charge in [-0.05, 0) is 30.9 Å². The molecule has 0 bridgehead atoms. The molecule has 0 aromatic carbocycles. The zero-order valence-electron chi connectivity index (χ0n) is 6.48. The summed E-state index contributed by atoms with van der Waals surface area (Å²) in [6.07, 6.45) is 15.1. The first-order chi connectivity index (χ1) is 4.93. The Hall–Kier alpha value is -0.520. The van der Waals surface area contributed by atoms with Crippen molar-refractivity contribution in [2.75, 3.05) is 0 Å². The van der Waals surface area contributed by atoms with Gasteiger partial charge in [-0.25, -0.2) is 0 Å². The molecule has 0 saturated carbocycles. The fraction of sp³-hybridized carbons (Fsp3) is 0.500. The van der Waals surface area contributed by atoms with E-state index in [1.165, 1.54) is 24.8 Å². The van der Waals surface area contributed by atoms with Crippen molar-refractivity contribution in [2.24, 2.45) is 0 Å². The summed E-state index contributed by atoms with van der Waals surface area (Å²) in [5.74, 6) is 0. The molecule has 1 rings (SSSR count). The van der Waals surface area contributed by atoms with Crippen LogP contribution in [0.4, 0.5) is 0 Å². The standard InChI is InChI=1S/C10H13/c1-2-3-7-10-8-5-4-6-9-10/h5,9H,2-4,7H2,1H3. The number of hydrogen-bond donors (Lipinski definition) is 0. The first-order valence-corrected chi connectivity index (χ1v) is 3.94. The van der Waals surface area contributed by atoms with Gasteiger partial charge in [0.15, 0.2) is 0 Å². The molecule has 0 N–H and O–H groups in total. The Balaban J connectivity index is 2.26. The molecule has 0 aromatic heterocycles. The van der Waals surface area contributed by atoms with Crippen LogP contribution in [-0.2, 0) is 0 Å². The van der Waals surface area contributed by atoms with Gasteiger partial charge < -0.3 is 0 Å². The van der Waals surface area contributed by atoms with Gasteiger partial charge in [0.1, 0.15) is 0 Å². The molecule has 3 radical (unpaired) electrons. The second kappa shape index (κ2) is 4.32. The van der Waals surface area contributed by atoms with E-state index < -0.39 is 0 Å². The highest BCUT2D eigenvalue weighted by Crippen LogP contribution is 2.13. The van der Waals surface area contributed by atoms with E-state index in [-0.39, 0.29) is 0 Å². The van der Waals surface area contributed by atoms with Gasteiger partial charge in [-0.3, -0.25) is 0 Å². The first-order valence-electron chi connectivity index (χ1n) is 3.94. The molecule has 0 amide bonds. The molecule has 0 fully saturated rings. The van der Waals surface area contributed by atoms with Crippen LogP contribution < -0.4 is 0 Å². The normalized spacial score (nSPS) is 17.1. The van der Waals surface area contributed by atoms with Crippen molar-refractivity contribution in [1.82, 2.24) is 0 Å². The minimum absolute atomic E-state index is 0.940. The van der Waals surface area contributed by atoms with Crippen LogP contribution in [0.5, 0.6) is 0 Å². The Morgan fingerprint density at radius 1 is 1.60 bits per heavy atom. The van der Waals surface area contributed by atoms with E-state index >= 15 is 0 Å². The molecular weight excluding hydrogens is 120 g/mol. The average Bonchev–Trinajstić information content (AvgIpc) is 2.03. The van der Waals surface area contributed by atoms with Gasteiger partial charge in [-0.15, -0.1) is 0 Å². The van der Waals surface area contributed by atoms with E-state index in [2.05, 4.69) is 25.5 Å². The third-order valence-corrected chi connectivity index (χ3v) is 1.58. The lowest BCUT2D eigenvalue weighted by atomic mass is 10.0. The van der Waals surface area contributed by atoms with Gasteiger partial charge in [0.2, 0.25) is 0 Å². The largest absolute Gasteiger partial charge is 0.0755 e. The summed E-state index contributed by atoms with van der Waals surface area (Å²) >= 11 is 0. The van der Waals surface area contributed by atoms with Crippen LogP contribution in [0.25, 0.3) is 0 Å². The molecule has 1 aliphatic carbocycles. The molecule has 0 atom stereocenters. The fourth-order valence-corrected chi connectivity index (χ4v) is 0.976. The summed E-state index contributed by atoms with van der Waals surface area (Å²) in [5, 5.41) is 0. The van der Waals surface area contributed by atoms with Gasteiger partial charge in [0, 0.05) is 6.42 Å². The minimum atomic E-state index is 0.940. The van der Waals surface area contributed by atoms with E-state index in [4.69, 9.17) is 0 Å². The summed E-state index contributed by atoms with van der Waals surface area (Å²) < 4.78 is 0. The van der Waals surface area contributed by atoms with Crippen LogP contribution in [0.1, 0.15) is 32.6 Å². The summed E-state index contributed by atoms with van der Waals surface area (Å²) in [4.78, 5) is 0. The molecule has 10 heavy (non-hydrogen) atoms. The third kappa shape index (κ3) is 2.38. The molecule has 0 unspecified atom stereocenters. The number of rotatable bonds is 3. The monoisotopic (exact) mass is 133 g/mol. The van der Waals surface area contributed by atoms with Crippen molar-refractivity contribution >= 4 is 0 Å². The Morgan fingerprint density at radius 2 is 2.50 bits per heavy atom. The SMILES string of the molecule is CCCCC1=C[C]CC=[C]1. The molecule has 0 heterocycles. The molecular formula is C10H13. The fourth-order valence-electron chi connectivity index (χ4n) is 0.976. The summed E-state index contributed by atoms with van der Waals surface area (Å²) in [6, 6.07) is 0. The Labute approximate surface area is 63.6 Å². The average molecular weight is 133 g/mol. The van der Waals surface area contributed by atoms with Gasteiger partial charge in [-0.2, -0.15) is 0 Å². The molecule has 0 aliphatic heterocycles. The van der Waals surface area contributed by atoms with E-state index in [0.717, 1.165) is 6.42 Å². The topological polar surface area (TPSA) is 0 Å². The molecule has 0 aromatic rings. The summed E-state index contributed by atoms with van der Waals surface area (Å²) in [6.45, 7) is 2.21. The molecule has 1 aliphatic rings. The zero-order chi connectivity index (χ0) is 7.23. The van der Waals surface area contributed by atoms with Gasteiger partial charge in [0.05, 0.1) is 0 Å². The lowest BCUT2D eigenvalue weighted by Gasteiger charge is -2.03. The number of allylic oxidation sites excluding steroid dienone is 4. The van der Waals surface area contributed by atoms with Crippen molar-refractivity contribution in [2.45, 2.75) is 32.6 Å². The lowest BCUT2D eigenvalue weighted by Crippen LogP contribution is -1.85. The molecule has 0 spiro atoms. The highest BCUT2D eigenvalue weighted by molar-refractivity contribution is 5.21. The lowest BCUT2D eigenvalue weighted by molar-refractivity contribution is 0.792. The van der Waals surface area contributed by atoms with Crippen LogP contribution in [-0.4, -0.2) is 0 Å². The van der Waals surface area contributed by atoms with Crippen LogP contribution in [0.3, 0.4) is 0 Å². The Kier molecular flexibility index (Phi) is 3.28. The van der Waals surface area contributed by atoms with Crippen molar-refractivity contribution in [3.05, 3.63) is 30.2 Å². The quantitative estimate of drug-likeness (QED) is 0.555. The van der Waals surface area contributed by atoms with Gasteiger partial charge in [0.25, 0.3) is 0 Å². The summed E-state index contributed by atoms with van der Waals surface area (Å²) in [5.41, 5.74) is 1.31. The molecule has 0 nitrogen and oxygen atoms in total. The van der Waals surface area contributed by atoms with Crippen molar-refractivity contribution in [3.8, 4) is 0 Å². The second-order valence-corrected chi connectivity index (χ2v) is 2.53. The van der Waals surface area contributed by atoms with Crippen molar-refractivity contribution in [1.29, 1.82) is 0 Å². The highest BCUT2D eigenvalue weighted by atomic mass is 14.0. The predicted molar refractivity (Wildman–Crippen MR) is 43.3 cm³/mol. The van der Waals surface area contributed by atoms with Crippen molar-refractivity contribution in [3.63, 3.8) is 0 Å².